The van der Waals surface area contributed by atoms with Crippen LogP contribution in [0, 0.1) is 5.92 Å². The molecule has 1 atom stereocenters. The van der Waals surface area contributed by atoms with Crippen molar-refractivity contribution in [3.8, 4) is 5.69 Å². The Kier molecular flexibility index (Phi) is 5.72. The number of alkyl halides is 3. The van der Waals surface area contributed by atoms with Crippen LogP contribution in [-0.2, 0) is 4.74 Å². The summed E-state index contributed by atoms with van der Waals surface area (Å²) >= 11 is 0. The molecular formula is C21H20F3N5O3. The zero-order chi connectivity index (χ0) is 22.9. The number of methoxy groups -OCH3 is 1. The lowest BCUT2D eigenvalue weighted by molar-refractivity contribution is -0.184. The SMILES string of the molecule is COC(=O)Nc1cncc(-n2ccc3cc(C(=O)N4CCC[C@@H](C(F)(F)F)C4)cnc32)c1. The predicted octanol–water partition coefficient (Wildman–Crippen LogP) is 4.01. The summed E-state index contributed by atoms with van der Waals surface area (Å²) in [5.41, 5.74) is 1.81. The largest absolute Gasteiger partial charge is 0.453 e. The first kappa shape index (κ1) is 21.6. The number of likely N-dealkylation sites (tertiary alicyclic amines) is 1. The van der Waals surface area contributed by atoms with E-state index in [2.05, 4.69) is 20.0 Å². The molecule has 4 rings (SSSR count). The Balaban J connectivity index is 1.58. The Labute approximate surface area is 181 Å². The van der Waals surface area contributed by atoms with Crippen molar-refractivity contribution in [1.82, 2.24) is 19.4 Å². The third kappa shape index (κ3) is 4.36. The predicted molar refractivity (Wildman–Crippen MR) is 110 cm³/mol. The highest BCUT2D eigenvalue weighted by atomic mass is 19.4. The van der Waals surface area contributed by atoms with Crippen molar-refractivity contribution in [3.05, 3.63) is 48.5 Å². The molecule has 32 heavy (non-hydrogen) atoms. The van der Waals surface area contributed by atoms with Crippen molar-refractivity contribution >= 4 is 28.7 Å². The van der Waals surface area contributed by atoms with Crippen molar-refractivity contribution in [1.29, 1.82) is 0 Å². The summed E-state index contributed by atoms with van der Waals surface area (Å²) in [6, 6.07) is 5.03. The van der Waals surface area contributed by atoms with Gasteiger partial charge in [-0.3, -0.25) is 19.7 Å². The summed E-state index contributed by atoms with van der Waals surface area (Å²) in [5, 5.41) is 3.17. The molecule has 1 aliphatic heterocycles. The number of aromatic nitrogens is 3. The fourth-order valence-corrected chi connectivity index (χ4v) is 3.76. The molecule has 1 N–H and O–H groups in total. The number of ether oxygens (including phenoxy) is 1. The molecule has 3 aromatic rings. The summed E-state index contributed by atoms with van der Waals surface area (Å²) in [6.07, 6.45) is 1.53. The monoisotopic (exact) mass is 447 g/mol. The highest BCUT2D eigenvalue weighted by Crippen LogP contribution is 2.33. The van der Waals surface area contributed by atoms with E-state index in [1.54, 1.807) is 35.2 Å². The second-order valence-electron chi connectivity index (χ2n) is 7.50. The minimum atomic E-state index is -4.32. The van der Waals surface area contributed by atoms with Gasteiger partial charge < -0.3 is 9.64 Å². The molecule has 1 aliphatic rings. The summed E-state index contributed by atoms with van der Waals surface area (Å²) in [7, 11) is 1.25. The number of rotatable bonds is 3. The van der Waals surface area contributed by atoms with Gasteiger partial charge in [-0.05, 0) is 31.0 Å². The van der Waals surface area contributed by atoms with Crippen molar-refractivity contribution < 1.29 is 27.5 Å². The van der Waals surface area contributed by atoms with Crippen LogP contribution in [0.25, 0.3) is 16.7 Å². The molecular weight excluding hydrogens is 427 g/mol. The third-order valence-corrected chi connectivity index (χ3v) is 5.38. The number of anilines is 1. The Morgan fingerprint density at radius 2 is 2.03 bits per heavy atom. The molecule has 0 saturated carbocycles. The number of nitrogens with zero attached hydrogens (tertiary/aromatic N) is 4. The second kappa shape index (κ2) is 8.48. The lowest BCUT2D eigenvalue weighted by Crippen LogP contribution is -2.44. The molecule has 0 unspecified atom stereocenters. The van der Waals surface area contributed by atoms with E-state index in [-0.39, 0.29) is 25.1 Å². The Morgan fingerprint density at radius 3 is 2.78 bits per heavy atom. The highest BCUT2D eigenvalue weighted by molar-refractivity contribution is 5.97. The highest BCUT2D eigenvalue weighted by Gasteiger charge is 2.42. The minimum Gasteiger partial charge on any atom is -0.453 e. The standard InChI is InChI=1S/C21H20F3N5O3/c1-32-20(31)27-16-8-17(11-25-10-16)29-6-4-13-7-14(9-26-18(13)29)19(30)28-5-2-3-15(12-28)21(22,23)24/h4,6-11,15H,2-3,5,12H2,1H3,(H,27,31)/t15-/m1/s1. The minimum absolute atomic E-state index is 0.0331. The van der Waals surface area contributed by atoms with Gasteiger partial charge in [-0.25, -0.2) is 9.78 Å². The molecule has 8 nitrogen and oxygen atoms in total. The second-order valence-corrected chi connectivity index (χ2v) is 7.50. The van der Waals surface area contributed by atoms with Gasteiger partial charge >= 0.3 is 12.3 Å². The fraction of sp³-hybridized carbons (Fsp3) is 0.333. The average Bonchev–Trinajstić information content (AvgIpc) is 3.21. The molecule has 0 radical (unpaired) electrons. The van der Waals surface area contributed by atoms with Crippen LogP contribution in [0.5, 0.6) is 0 Å². The lowest BCUT2D eigenvalue weighted by atomic mass is 9.97. The average molecular weight is 447 g/mol. The van der Waals surface area contributed by atoms with E-state index in [1.165, 1.54) is 24.4 Å². The quantitative estimate of drug-likeness (QED) is 0.655. The van der Waals surface area contributed by atoms with Crippen LogP contribution in [0.1, 0.15) is 23.2 Å². The maximum Gasteiger partial charge on any atom is 0.411 e. The third-order valence-electron chi connectivity index (χ3n) is 5.38. The maximum absolute atomic E-state index is 13.1. The molecule has 3 aromatic heterocycles. The van der Waals surface area contributed by atoms with Gasteiger partial charge in [0, 0.05) is 30.9 Å². The van der Waals surface area contributed by atoms with Crippen LogP contribution < -0.4 is 5.32 Å². The first-order valence-electron chi connectivity index (χ1n) is 9.90. The van der Waals surface area contributed by atoms with E-state index in [0.717, 1.165) is 0 Å². The molecule has 1 fully saturated rings. The molecule has 0 bridgehead atoms. The molecule has 11 heteroatoms. The molecule has 1 saturated heterocycles. The first-order valence-corrected chi connectivity index (χ1v) is 9.90. The van der Waals surface area contributed by atoms with E-state index in [0.29, 0.717) is 28.8 Å². The number of nitrogens with one attached hydrogen (secondary N) is 1. The number of amides is 2. The van der Waals surface area contributed by atoms with Crippen LogP contribution in [0.2, 0.25) is 0 Å². The summed E-state index contributed by atoms with van der Waals surface area (Å²) < 4.78 is 45.5. The molecule has 168 valence electrons. The maximum atomic E-state index is 13.1. The number of carbonyl (C=O) groups is 2. The zero-order valence-electron chi connectivity index (χ0n) is 17.1. The van der Waals surface area contributed by atoms with Crippen molar-refractivity contribution in [2.24, 2.45) is 5.92 Å². The number of fused-ring (bicyclic) bond motifs is 1. The van der Waals surface area contributed by atoms with Gasteiger partial charge in [0.15, 0.2) is 0 Å². The number of piperidine rings is 1. The van der Waals surface area contributed by atoms with Crippen molar-refractivity contribution in [2.75, 3.05) is 25.5 Å². The number of hydrogen-bond donors (Lipinski definition) is 1. The van der Waals surface area contributed by atoms with E-state index in [9.17, 15) is 22.8 Å². The first-order chi connectivity index (χ1) is 15.3. The summed E-state index contributed by atoms with van der Waals surface area (Å²) in [6.45, 7) is -0.0524. The molecule has 0 aliphatic carbocycles. The smallest absolute Gasteiger partial charge is 0.411 e. The van der Waals surface area contributed by atoms with Gasteiger partial charge in [0.1, 0.15) is 5.65 Å². The van der Waals surface area contributed by atoms with Gasteiger partial charge in [-0.15, -0.1) is 0 Å². The summed E-state index contributed by atoms with van der Waals surface area (Å²) in [5.74, 6) is -1.97. The number of hydrogen-bond acceptors (Lipinski definition) is 5. The number of pyridine rings is 2. The van der Waals surface area contributed by atoms with E-state index in [1.807, 2.05) is 0 Å². The zero-order valence-corrected chi connectivity index (χ0v) is 17.1. The Morgan fingerprint density at radius 1 is 1.22 bits per heavy atom. The summed E-state index contributed by atoms with van der Waals surface area (Å²) in [4.78, 5) is 33.9. The van der Waals surface area contributed by atoms with Crippen molar-refractivity contribution in [3.63, 3.8) is 0 Å². The van der Waals surface area contributed by atoms with Crippen LogP contribution in [0.15, 0.2) is 43.0 Å². The molecule has 0 spiro atoms. The lowest BCUT2D eigenvalue weighted by Gasteiger charge is -2.33. The van der Waals surface area contributed by atoms with Crippen LogP contribution >= 0.6 is 0 Å². The normalized spacial score (nSPS) is 16.8. The van der Waals surface area contributed by atoms with E-state index in [4.69, 9.17) is 0 Å². The van der Waals surface area contributed by atoms with E-state index >= 15 is 0 Å². The van der Waals surface area contributed by atoms with Gasteiger partial charge in [-0.2, -0.15) is 13.2 Å². The Bertz CT molecular complexity index is 1160. The topological polar surface area (TPSA) is 89.3 Å². The van der Waals surface area contributed by atoms with Gasteiger partial charge in [0.25, 0.3) is 5.91 Å². The van der Waals surface area contributed by atoms with Gasteiger partial charge in [-0.1, -0.05) is 0 Å². The number of carbonyl (C=O) groups excluding carboxylic acids is 2. The van der Waals surface area contributed by atoms with Crippen LogP contribution in [0.4, 0.5) is 23.7 Å². The van der Waals surface area contributed by atoms with Gasteiger partial charge in [0.05, 0.1) is 42.4 Å². The van der Waals surface area contributed by atoms with Crippen LogP contribution in [0.3, 0.4) is 0 Å². The van der Waals surface area contributed by atoms with Crippen molar-refractivity contribution in [2.45, 2.75) is 19.0 Å². The van der Waals surface area contributed by atoms with Gasteiger partial charge in [0.2, 0.25) is 0 Å². The molecule has 4 heterocycles. The van der Waals surface area contributed by atoms with E-state index < -0.39 is 24.1 Å². The molecule has 0 aromatic carbocycles. The fourth-order valence-electron chi connectivity index (χ4n) is 3.76. The number of halogens is 3. The Hall–Kier alpha value is -3.63. The van der Waals surface area contributed by atoms with Crippen LogP contribution in [-0.4, -0.2) is 57.8 Å². The molecule has 2 amide bonds.